The number of nitrogens with zero attached hydrogens (tertiary/aromatic N) is 2. The topological polar surface area (TPSA) is 37.8 Å². The number of fused-ring (bicyclic) bond motifs is 5. The van der Waals surface area contributed by atoms with Crippen LogP contribution in [0.25, 0.3) is 82.9 Å². The molecule has 286 valence electrons. The predicted molar refractivity (Wildman–Crippen MR) is 253 cm³/mol. The molecular formula is C56H41N3S. The van der Waals surface area contributed by atoms with E-state index in [9.17, 15) is 0 Å². The quantitative estimate of drug-likeness (QED) is 0.175. The minimum Gasteiger partial charge on any atom is -0.373 e. The highest BCUT2D eigenvalue weighted by Crippen LogP contribution is 2.51. The predicted octanol–water partition coefficient (Wildman–Crippen LogP) is 15.2. The molecule has 0 saturated carbocycles. The molecule has 0 radical (unpaired) electrons. The van der Waals surface area contributed by atoms with Crippen LogP contribution in [0.5, 0.6) is 0 Å². The first-order valence-electron chi connectivity index (χ1n) is 20.7. The summed E-state index contributed by atoms with van der Waals surface area (Å²) in [5.41, 5.74) is 17.2. The van der Waals surface area contributed by atoms with Crippen molar-refractivity contribution >= 4 is 32.7 Å². The standard InChI is InChI=1S/C56H41N3S/c1-36-25-27-37(28-26-36)40-17-10-18-41(31-40)44-29-30-49-48(34-44)53-47-23-8-9-24-52(47)60-55(53)54(57-49)45-21-11-19-42(32-45)43-20-12-22-46(33-43)56-58-50(38-13-4-2-5-14-38)35-51(59-56)39-15-6-3-7-16-39/h2-25,27-36,54,57H,26H2,1H3. The van der Waals surface area contributed by atoms with Gasteiger partial charge in [0.1, 0.15) is 0 Å². The van der Waals surface area contributed by atoms with Crippen molar-refractivity contribution in [3.05, 3.63) is 216 Å². The van der Waals surface area contributed by atoms with E-state index < -0.39 is 0 Å². The minimum absolute atomic E-state index is 0.00561. The van der Waals surface area contributed by atoms with Gasteiger partial charge in [-0.25, -0.2) is 9.97 Å². The van der Waals surface area contributed by atoms with Gasteiger partial charge in [-0.2, -0.15) is 0 Å². The summed E-state index contributed by atoms with van der Waals surface area (Å²) in [5, 5.41) is 5.31. The smallest absolute Gasteiger partial charge is 0.160 e. The maximum atomic E-state index is 5.12. The van der Waals surface area contributed by atoms with E-state index in [1.807, 2.05) is 23.5 Å². The molecule has 0 bridgehead atoms. The van der Waals surface area contributed by atoms with Crippen LogP contribution in [0.4, 0.5) is 5.69 Å². The zero-order valence-electron chi connectivity index (χ0n) is 33.2. The number of benzene rings is 7. The molecule has 60 heavy (non-hydrogen) atoms. The lowest BCUT2D eigenvalue weighted by molar-refractivity contribution is 0.739. The van der Waals surface area contributed by atoms with Crippen LogP contribution in [-0.4, -0.2) is 9.97 Å². The van der Waals surface area contributed by atoms with Crippen molar-refractivity contribution in [3.63, 3.8) is 0 Å². The van der Waals surface area contributed by atoms with Crippen molar-refractivity contribution in [3.8, 4) is 67.3 Å². The molecule has 0 fully saturated rings. The van der Waals surface area contributed by atoms with Gasteiger partial charge in [0.05, 0.1) is 17.4 Å². The van der Waals surface area contributed by atoms with Crippen LogP contribution in [-0.2, 0) is 0 Å². The Hall–Kier alpha value is -7.14. The summed E-state index contributed by atoms with van der Waals surface area (Å²) >= 11 is 1.90. The largest absolute Gasteiger partial charge is 0.373 e. The van der Waals surface area contributed by atoms with Gasteiger partial charge in [-0.3, -0.25) is 0 Å². The van der Waals surface area contributed by atoms with Crippen LogP contribution >= 0.6 is 11.3 Å². The molecule has 1 aliphatic carbocycles. The van der Waals surface area contributed by atoms with Crippen LogP contribution in [0, 0.1) is 5.92 Å². The zero-order chi connectivity index (χ0) is 40.0. The fraction of sp³-hybridized carbons (Fsp3) is 0.0714. The Bertz CT molecular complexity index is 3060. The molecule has 3 heterocycles. The van der Waals surface area contributed by atoms with E-state index in [4.69, 9.17) is 9.97 Å². The number of aromatic nitrogens is 2. The lowest BCUT2D eigenvalue weighted by atomic mass is 9.87. The van der Waals surface area contributed by atoms with E-state index in [-0.39, 0.29) is 6.04 Å². The molecule has 11 rings (SSSR count). The summed E-state index contributed by atoms with van der Waals surface area (Å²) in [6, 6.07) is 65.3. The molecule has 0 spiro atoms. The first-order chi connectivity index (χ1) is 29.6. The average Bonchev–Trinajstić information content (AvgIpc) is 3.72. The van der Waals surface area contributed by atoms with Crippen molar-refractivity contribution < 1.29 is 0 Å². The van der Waals surface area contributed by atoms with Gasteiger partial charge in [0.25, 0.3) is 0 Å². The molecule has 0 saturated heterocycles. The monoisotopic (exact) mass is 787 g/mol. The van der Waals surface area contributed by atoms with Gasteiger partial charge < -0.3 is 5.32 Å². The summed E-state index contributed by atoms with van der Waals surface area (Å²) in [4.78, 5) is 11.6. The number of allylic oxidation sites excluding steroid dienone is 4. The van der Waals surface area contributed by atoms with Crippen molar-refractivity contribution in [2.24, 2.45) is 5.92 Å². The second-order valence-corrected chi connectivity index (χ2v) is 17.0. The van der Waals surface area contributed by atoms with Crippen molar-refractivity contribution in [2.75, 3.05) is 5.32 Å². The summed E-state index contributed by atoms with van der Waals surface area (Å²) < 4.78 is 1.30. The molecule has 1 aliphatic heterocycles. The highest BCUT2D eigenvalue weighted by Gasteiger charge is 2.30. The number of anilines is 1. The summed E-state index contributed by atoms with van der Waals surface area (Å²) in [6.07, 6.45) is 8.05. The van der Waals surface area contributed by atoms with Crippen LogP contribution in [0.15, 0.2) is 200 Å². The average molecular weight is 788 g/mol. The zero-order valence-corrected chi connectivity index (χ0v) is 34.0. The number of nitrogens with one attached hydrogen (secondary N) is 1. The van der Waals surface area contributed by atoms with E-state index in [2.05, 4.69) is 200 Å². The molecule has 4 heteroatoms. The Morgan fingerprint density at radius 1 is 0.533 bits per heavy atom. The van der Waals surface area contributed by atoms with Crippen LogP contribution in [0.1, 0.15) is 35.4 Å². The molecule has 2 unspecified atom stereocenters. The first-order valence-corrected chi connectivity index (χ1v) is 21.6. The van der Waals surface area contributed by atoms with Crippen LogP contribution in [0.3, 0.4) is 0 Å². The van der Waals surface area contributed by atoms with E-state index in [1.54, 1.807) is 0 Å². The van der Waals surface area contributed by atoms with E-state index in [0.717, 1.165) is 51.3 Å². The summed E-state index contributed by atoms with van der Waals surface area (Å²) in [7, 11) is 0. The third kappa shape index (κ3) is 6.75. The Balaban J connectivity index is 0.961. The van der Waals surface area contributed by atoms with E-state index in [1.165, 1.54) is 53.9 Å². The highest BCUT2D eigenvalue weighted by molar-refractivity contribution is 7.19. The number of thiophene rings is 1. The lowest BCUT2D eigenvalue weighted by Crippen LogP contribution is -2.16. The van der Waals surface area contributed by atoms with Crippen LogP contribution < -0.4 is 5.32 Å². The van der Waals surface area contributed by atoms with Crippen molar-refractivity contribution in [1.82, 2.24) is 9.97 Å². The Labute approximate surface area is 355 Å². The van der Waals surface area contributed by atoms with Gasteiger partial charge in [0, 0.05) is 48.5 Å². The minimum atomic E-state index is -0.00561. The molecular weight excluding hydrogens is 747 g/mol. The van der Waals surface area contributed by atoms with Gasteiger partial charge in [-0.1, -0.05) is 165 Å². The second-order valence-electron chi connectivity index (χ2n) is 15.9. The molecule has 3 nitrogen and oxygen atoms in total. The highest BCUT2D eigenvalue weighted by atomic mass is 32.1. The lowest BCUT2D eigenvalue weighted by Gasteiger charge is -2.29. The number of hydrogen-bond donors (Lipinski definition) is 1. The third-order valence-electron chi connectivity index (χ3n) is 11.9. The Morgan fingerprint density at radius 2 is 1.13 bits per heavy atom. The molecule has 0 amide bonds. The molecule has 1 N–H and O–H groups in total. The molecule has 2 aliphatic rings. The van der Waals surface area contributed by atoms with Gasteiger partial charge in [0.2, 0.25) is 0 Å². The third-order valence-corrected chi connectivity index (χ3v) is 13.1. The molecule has 7 aromatic carbocycles. The van der Waals surface area contributed by atoms with Gasteiger partial charge in [0.15, 0.2) is 5.82 Å². The Morgan fingerprint density at radius 3 is 1.85 bits per heavy atom. The van der Waals surface area contributed by atoms with Gasteiger partial charge in [-0.05, 0) is 93.8 Å². The van der Waals surface area contributed by atoms with Gasteiger partial charge >= 0.3 is 0 Å². The van der Waals surface area contributed by atoms with E-state index >= 15 is 0 Å². The maximum absolute atomic E-state index is 5.12. The van der Waals surface area contributed by atoms with Crippen molar-refractivity contribution in [2.45, 2.75) is 19.4 Å². The Kier molecular flexibility index (Phi) is 9.13. The number of rotatable bonds is 7. The summed E-state index contributed by atoms with van der Waals surface area (Å²) in [6.45, 7) is 2.27. The second kappa shape index (κ2) is 15.2. The first kappa shape index (κ1) is 36.0. The molecule has 9 aromatic rings. The fourth-order valence-electron chi connectivity index (χ4n) is 8.70. The molecule has 2 atom stereocenters. The van der Waals surface area contributed by atoms with Crippen LogP contribution in [0.2, 0.25) is 0 Å². The van der Waals surface area contributed by atoms with E-state index in [0.29, 0.717) is 11.7 Å². The normalized spacial score (nSPS) is 15.5. The van der Waals surface area contributed by atoms with Crippen molar-refractivity contribution in [1.29, 1.82) is 0 Å². The maximum Gasteiger partial charge on any atom is 0.160 e. The van der Waals surface area contributed by atoms with Gasteiger partial charge in [-0.15, -0.1) is 11.3 Å². The SMILES string of the molecule is CC1C=CC(c2cccc(-c3ccc4c(c3)-c3c(sc5ccccc35)C(c3cccc(-c5cccc(-c6nc(-c7ccccc7)cc(-c7ccccc7)n6)c5)c3)N4)c2)=CC1. The molecule has 2 aromatic heterocycles. The summed E-state index contributed by atoms with van der Waals surface area (Å²) in [5.74, 6) is 1.30. The number of hydrogen-bond acceptors (Lipinski definition) is 4. The fourth-order valence-corrected chi connectivity index (χ4v) is 10.0.